The quantitative estimate of drug-likeness (QED) is 0.673. The molecule has 4 nitrogen and oxygen atoms in total. The first-order chi connectivity index (χ1) is 10.1. The predicted molar refractivity (Wildman–Crippen MR) is 85.9 cm³/mol. The molecule has 1 aromatic rings. The lowest BCUT2D eigenvalue weighted by molar-refractivity contribution is -0.0186. The van der Waals surface area contributed by atoms with Crippen molar-refractivity contribution in [3.05, 3.63) is 29.8 Å². The molecule has 2 atom stereocenters. The van der Waals surface area contributed by atoms with E-state index in [0.29, 0.717) is 13.2 Å². The summed E-state index contributed by atoms with van der Waals surface area (Å²) < 4.78 is 16.6. The van der Waals surface area contributed by atoms with Gasteiger partial charge in [0.05, 0.1) is 38.6 Å². The molecule has 0 aromatic heterocycles. The number of benzene rings is 1. The first-order valence-electron chi connectivity index (χ1n) is 7.69. The van der Waals surface area contributed by atoms with E-state index in [1.54, 1.807) is 7.11 Å². The minimum atomic E-state index is 0.0779. The van der Waals surface area contributed by atoms with E-state index in [4.69, 9.17) is 14.2 Å². The van der Waals surface area contributed by atoms with E-state index < -0.39 is 0 Å². The van der Waals surface area contributed by atoms with Crippen molar-refractivity contribution in [2.75, 3.05) is 26.9 Å². The molecule has 0 aliphatic heterocycles. The monoisotopic (exact) mass is 295 g/mol. The topological polar surface area (TPSA) is 39.7 Å². The Morgan fingerprint density at radius 1 is 1.00 bits per heavy atom. The van der Waals surface area contributed by atoms with Crippen molar-refractivity contribution in [1.82, 2.24) is 5.32 Å². The summed E-state index contributed by atoms with van der Waals surface area (Å²) in [7, 11) is 1.68. The van der Waals surface area contributed by atoms with E-state index in [0.717, 1.165) is 12.3 Å². The molecule has 1 rings (SSSR count). The molecule has 0 saturated carbocycles. The van der Waals surface area contributed by atoms with E-state index in [2.05, 4.69) is 31.3 Å². The number of methoxy groups -OCH3 is 1. The highest BCUT2D eigenvalue weighted by molar-refractivity contribution is 5.29. The van der Waals surface area contributed by atoms with Gasteiger partial charge in [-0.25, -0.2) is 0 Å². The Bertz CT molecular complexity index is 378. The van der Waals surface area contributed by atoms with Crippen molar-refractivity contribution >= 4 is 0 Å². The summed E-state index contributed by atoms with van der Waals surface area (Å²) in [5.74, 6) is 0.868. The van der Waals surface area contributed by atoms with Crippen molar-refractivity contribution in [2.45, 2.75) is 45.9 Å². The van der Waals surface area contributed by atoms with E-state index in [1.807, 2.05) is 26.0 Å². The number of rotatable bonds is 10. The number of hydrogen-bond acceptors (Lipinski definition) is 4. The SMILES string of the molecule is CCNC(c1ccc(OC)cc1)C(C)OCCOC(C)C. The molecule has 0 aliphatic carbocycles. The summed E-state index contributed by atoms with van der Waals surface area (Å²) in [5.41, 5.74) is 1.20. The fourth-order valence-electron chi connectivity index (χ4n) is 2.20. The lowest BCUT2D eigenvalue weighted by Crippen LogP contribution is -2.32. The van der Waals surface area contributed by atoms with Gasteiger partial charge in [-0.3, -0.25) is 0 Å². The normalized spacial score (nSPS) is 14.2. The minimum absolute atomic E-state index is 0.0779. The van der Waals surface area contributed by atoms with Crippen molar-refractivity contribution in [3.63, 3.8) is 0 Å². The van der Waals surface area contributed by atoms with Crippen LogP contribution in [0.25, 0.3) is 0 Å². The summed E-state index contributed by atoms with van der Waals surface area (Å²) in [6.07, 6.45) is 0.323. The molecule has 1 aromatic carbocycles. The highest BCUT2D eigenvalue weighted by atomic mass is 16.5. The van der Waals surface area contributed by atoms with Crippen LogP contribution in [0.4, 0.5) is 0 Å². The predicted octanol–water partition coefficient (Wildman–Crippen LogP) is 3.18. The van der Waals surface area contributed by atoms with Crippen LogP contribution in [0.2, 0.25) is 0 Å². The van der Waals surface area contributed by atoms with Crippen molar-refractivity contribution in [3.8, 4) is 5.75 Å². The molecule has 0 radical (unpaired) electrons. The Labute approximate surface area is 128 Å². The molecule has 2 unspecified atom stereocenters. The van der Waals surface area contributed by atoms with Gasteiger partial charge in [0, 0.05) is 0 Å². The minimum Gasteiger partial charge on any atom is -0.497 e. The Kier molecular flexibility index (Phi) is 8.35. The Hall–Kier alpha value is -1.10. The fraction of sp³-hybridized carbons (Fsp3) is 0.647. The molecular formula is C17H29NO3. The molecule has 0 bridgehead atoms. The lowest BCUT2D eigenvalue weighted by atomic mass is 10.0. The van der Waals surface area contributed by atoms with Gasteiger partial charge in [0.2, 0.25) is 0 Å². The zero-order valence-electron chi connectivity index (χ0n) is 13.9. The molecule has 1 N–H and O–H groups in total. The number of nitrogens with one attached hydrogen (secondary N) is 1. The van der Waals surface area contributed by atoms with Crippen molar-refractivity contribution < 1.29 is 14.2 Å². The van der Waals surface area contributed by atoms with Crippen molar-refractivity contribution in [2.24, 2.45) is 0 Å². The summed E-state index contributed by atoms with van der Waals surface area (Å²) >= 11 is 0. The second kappa shape index (κ2) is 9.77. The second-order valence-electron chi connectivity index (χ2n) is 5.30. The van der Waals surface area contributed by atoms with Gasteiger partial charge >= 0.3 is 0 Å². The van der Waals surface area contributed by atoms with Gasteiger partial charge in [-0.15, -0.1) is 0 Å². The molecule has 120 valence electrons. The zero-order valence-corrected chi connectivity index (χ0v) is 13.9. The fourth-order valence-corrected chi connectivity index (χ4v) is 2.20. The van der Waals surface area contributed by atoms with Gasteiger partial charge in [-0.05, 0) is 45.0 Å². The summed E-state index contributed by atoms with van der Waals surface area (Å²) in [6.45, 7) is 10.4. The van der Waals surface area contributed by atoms with Gasteiger partial charge in [0.25, 0.3) is 0 Å². The van der Waals surface area contributed by atoms with Crippen LogP contribution >= 0.6 is 0 Å². The van der Waals surface area contributed by atoms with Crippen LogP contribution < -0.4 is 10.1 Å². The summed E-state index contributed by atoms with van der Waals surface area (Å²) in [4.78, 5) is 0. The van der Waals surface area contributed by atoms with Crippen LogP contribution in [0.1, 0.15) is 39.3 Å². The lowest BCUT2D eigenvalue weighted by Gasteiger charge is -2.26. The van der Waals surface area contributed by atoms with Gasteiger partial charge in [-0.2, -0.15) is 0 Å². The Morgan fingerprint density at radius 2 is 1.62 bits per heavy atom. The van der Waals surface area contributed by atoms with Gasteiger partial charge in [-0.1, -0.05) is 19.1 Å². The molecule has 0 amide bonds. The van der Waals surface area contributed by atoms with Crippen LogP contribution in [0.5, 0.6) is 5.75 Å². The van der Waals surface area contributed by atoms with E-state index in [1.165, 1.54) is 5.56 Å². The van der Waals surface area contributed by atoms with Gasteiger partial charge < -0.3 is 19.5 Å². The van der Waals surface area contributed by atoms with Crippen LogP contribution in [0.15, 0.2) is 24.3 Å². The molecule has 0 fully saturated rings. The van der Waals surface area contributed by atoms with E-state index >= 15 is 0 Å². The number of ether oxygens (including phenoxy) is 3. The van der Waals surface area contributed by atoms with Crippen LogP contribution in [0, 0.1) is 0 Å². The molecule has 0 saturated heterocycles. The highest BCUT2D eigenvalue weighted by Crippen LogP contribution is 2.22. The maximum atomic E-state index is 5.90. The smallest absolute Gasteiger partial charge is 0.118 e. The highest BCUT2D eigenvalue weighted by Gasteiger charge is 2.19. The third kappa shape index (κ3) is 6.46. The zero-order chi connectivity index (χ0) is 15.7. The Morgan fingerprint density at radius 3 is 2.14 bits per heavy atom. The molecule has 0 spiro atoms. The number of hydrogen-bond donors (Lipinski definition) is 1. The second-order valence-corrected chi connectivity index (χ2v) is 5.30. The van der Waals surface area contributed by atoms with Gasteiger partial charge in [0.1, 0.15) is 5.75 Å². The van der Waals surface area contributed by atoms with Crippen LogP contribution in [-0.2, 0) is 9.47 Å². The largest absolute Gasteiger partial charge is 0.497 e. The Balaban J connectivity index is 2.57. The maximum absolute atomic E-state index is 5.90. The third-order valence-corrected chi connectivity index (χ3v) is 3.28. The average Bonchev–Trinajstić information content (AvgIpc) is 2.49. The first-order valence-corrected chi connectivity index (χ1v) is 7.69. The standard InChI is InChI=1S/C17H29NO3/c1-6-18-17(14(4)21-12-11-20-13(2)3)15-7-9-16(19-5)10-8-15/h7-10,13-14,17-18H,6,11-12H2,1-5H3. The molecular weight excluding hydrogens is 266 g/mol. The van der Waals surface area contributed by atoms with Gasteiger partial charge in [0.15, 0.2) is 0 Å². The molecule has 0 aliphatic rings. The summed E-state index contributed by atoms with van der Waals surface area (Å²) in [5, 5.41) is 3.48. The molecule has 21 heavy (non-hydrogen) atoms. The average molecular weight is 295 g/mol. The molecule has 4 heteroatoms. The van der Waals surface area contributed by atoms with Crippen molar-refractivity contribution in [1.29, 1.82) is 0 Å². The first kappa shape index (κ1) is 18.0. The maximum Gasteiger partial charge on any atom is 0.118 e. The third-order valence-electron chi connectivity index (χ3n) is 3.28. The summed E-state index contributed by atoms with van der Waals surface area (Å²) in [6, 6.07) is 8.29. The van der Waals surface area contributed by atoms with E-state index in [9.17, 15) is 0 Å². The molecule has 0 heterocycles. The van der Waals surface area contributed by atoms with Crippen LogP contribution in [-0.4, -0.2) is 39.1 Å². The van der Waals surface area contributed by atoms with E-state index in [-0.39, 0.29) is 18.2 Å². The van der Waals surface area contributed by atoms with Crippen LogP contribution in [0.3, 0.4) is 0 Å². The number of likely N-dealkylation sites (N-methyl/N-ethyl adjacent to an activating group) is 1.